The number of unbranched alkanes of at least 4 members (excludes halogenated alkanes) is 3. The highest BCUT2D eigenvalue weighted by atomic mass is 32.2. The molecule has 0 aliphatic carbocycles. The number of thioether (sulfide) groups is 2. The molecule has 2 rings (SSSR count). The van der Waals surface area contributed by atoms with Crippen molar-refractivity contribution in [1.29, 1.82) is 0 Å². The minimum atomic E-state index is -0.638. The number of carbonyl (C=O) groups is 12. The quantitative estimate of drug-likeness (QED) is 0.0359. The van der Waals surface area contributed by atoms with Gasteiger partial charge in [-0.15, -0.1) is 0 Å². The third-order valence-electron chi connectivity index (χ3n) is 8.76. The number of esters is 1. The van der Waals surface area contributed by atoms with Crippen molar-refractivity contribution in [3.8, 4) is 0 Å². The van der Waals surface area contributed by atoms with Crippen molar-refractivity contribution in [2.24, 2.45) is 0 Å². The van der Waals surface area contributed by atoms with Crippen LogP contribution in [0.1, 0.15) is 85.9 Å². The molecule has 368 valence electrons. The highest BCUT2D eigenvalue weighted by Crippen LogP contribution is 2.13. The first-order valence-corrected chi connectivity index (χ1v) is 23.4. The molecular formula is C47H60N6O13S2. The molecule has 0 atom stereocenters. The van der Waals surface area contributed by atoms with Crippen LogP contribution in [0.15, 0.2) is 85.0 Å². The van der Waals surface area contributed by atoms with Gasteiger partial charge in [0.1, 0.15) is 6.54 Å². The van der Waals surface area contributed by atoms with Gasteiger partial charge in [0, 0.05) is 30.4 Å². The standard InChI is InChI=1S/C24H31N3O6S.C23H29N3O7S/c1-17(2)20(29)12-8-4-7-11-19(28)13-25-21(30)14-26-22(31)15-27-23(32)16-34-24(33)18-9-5-3-6-10-18;1-16(2)18(27)10-6-7-11-33-22(31)14-26-20(29)12-24-19(28)13-25-21(30)15-34-23(32)17-8-4-3-5-9-17/h3,5-6,9-10H,1,4,7-8,11-16H2,2H3,(H,25,30)(H,26,31)(H,27,32);3-5,8-9H,1,6-7,10-15H2,2H3,(H,24,28)(H,25,30)(H,26,29). The van der Waals surface area contributed by atoms with Crippen LogP contribution in [0.3, 0.4) is 0 Å². The van der Waals surface area contributed by atoms with Gasteiger partial charge < -0.3 is 36.6 Å². The summed E-state index contributed by atoms with van der Waals surface area (Å²) in [6.45, 7) is 8.69. The number of allylic oxidation sites excluding steroid dienone is 2. The van der Waals surface area contributed by atoms with Gasteiger partial charge in [0.15, 0.2) is 17.3 Å². The summed E-state index contributed by atoms with van der Waals surface area (Å²) in [5.41, 5.74) is 1.98. The number of hydrogen-bond donors (Lipinski definition) is 6. The molecule has 6 N–H and O–H groups in total. The van der Waals surface area contributed by atoms with Crippen molar-refractivity contribution in [1.82, 2.24) is 31.9 Å². The lowest BCUT2D eigenvalue weighted by Gasteiger charge is -2.08. The molecule has 68 heavy (non-hydrogen) atoms. The van der Waals surface area contributed by atoms with Gasteiger partial charge in [-0.2, -0.15) is 0 Å². The number of ether oxygens (including phenoxy) is 1. The number of amides is 6. The fraction of sp³-hybridized carbons (Fsp3) is 0.404. The molecule has 0 fully saturated rings. The molecular weight excluding hydrogens is 921 g/mol. The molecule has 21 heteroatoms. The van der Waals surface area contributed by atoms with Gasteiger partial charge in [-0.1, -0.05) is 104 Å². The van der Waals surface area contributed by atoms with Crippen molar-refractivity contribution >= 4 is 92.5 Å². The topological polar surface area (TPSA) is 286 Å². The molecule has 2 aromatic rings. The molecule has 0 radical (unpaired) electrons. The Morgan fingerprint density at radius 2 is 0.794 bits per heavy atom. The Balaban J connectivity index is 0.000000680. The zero-order valence-corrected chi connectivity index (χ0v) is 40.0. The molecule has 0 saturated carbocycles. The van der Waals surface area contributed by atoms with Gasteiger partial charge >= 0.3 is 5.97 Å². The number of Topliss-reactive ketones (excluding diaryl/α,β-unsaturated/α-hetero) is 3. The van der Waals surface area contributed by atoms with Crippen molar-refractivity contribution in [3.05, 3.63) is 96.1 Å². The van der Waals surface area contributed by atoms with E-state index in [0.29, 0.717) is 67.2 Å². The van der Waals surface area contributed by atoms with Crippen LogP contribution >= 0.6 is 23.5 Å². The number of nitrogens with one attached hydrogen (secondary N) is 6. The van der Waals surface area contributed by atoms with Crippen LogP contribution in [-0.4, -0.2) is 126 Å². The fourth-order valence-corrected chi connectivity index (χ4v) is 6.27. The number of benzene rings is 2. The van der Waals surface area contributed by atoms with E-state index in [2.05, 4.69) is 45.1 Å². The van der Waals surface area contributed by atoms with Crippen molar-refractivity contribution in [3.63, 3.8) is 0 Å². The summed E-state index contributed by atoms with van der Waals surface area (Å²) in [5, 5.41) is 13.6. The average Bonchev–Trinajstić information content (AvgIpc) is 3.33. The van der Waals surface area contributed by atoms with E-state index < -0.39 is 41.4 Å². The molecule has 19 nitrogen and oxygen atoms in total. The third kappa shape index (κ3) is 30.5. The number of ketones is 3. The molecule has 0 aliphatic rings. The number of carbonyl (C=O) groups excluding carboxylic acids is 12. The fourth-order valence-electron chi connectivity index (χ4n) is 4.94. The average molecular weight is 981 g/mol. The van der Waals surface area contributed by atoms with E-state index in [1.54, 1.807) is 74.5 Å². The van der Waals surface area contributed by atoms with Gasteiger partial charge in [-0.3, -0.25) is 57.5 Å². The summed E-state index contributed by atoms with van der Waals surface area (Å²) in [6, 6.07) is 17.0. The first-order chi connectivity index (χ1) is 32.4. The van der Waals surface area contributed by atoms with Gasteiger partial charge in [0.25, 0.3) is 0 Å². The maximum Gasteiger partial charge on any atom is 0.325 e. The Morgan fingerprint density at radius 3 is 1.21 bits per heavy atom. The summed E-state index contributed by atoms with van der Waals surface area (Å²) in [7, 11) is 0. The van der Waals surface area contributed by atoms with E-state index >= 15 is 0 Å². The summed E-state index contributed by atoms with van der Waals surface area (Å²) in [5.74, 6) is -4.34. The zero-order chi connectivity index (χ0) is 50.7. The predicted octanol–water partition coefficient (Wildman–Crippen LogP) is 2.34. The van der Waals surface area contributed by atoms with Gasteiger partial charge in [-0.05, 0) is 50.7 Å². The molecule has 0 spiro atoms. The predicted molar refractivity (Wildman–Crippen MR) is 257 cm³/mol. The van der Waals surface area contributed by atoms with Crippen LogP contribution in [0, 0.1) is 0 Å². The van der Waals surface area contributed by atoms with E-state index in [1.165, 1.54) is 0 Å². The molecule has 0 saturated heterocycles. The van der Waals surface area contributed by atoms with E-state index in [-0.39, 0.29) is 85.0 Å². The van der Waals surface area contributed by atoms with E-state index in [1.807, 2.05) is 0 Å². The lowest BCUT2D eigenvalue weighted by atomic mass is 10.1. The van der Waals surface area contributed by atoms with Crippen LogP contribution in [0.4, 0.5) is 0 Å². The first kappa shape index (κ1) is 59.3. The van der Waals surface area contributed by atoms with Crippen molar-refractivity contribution in [2.75, 3.05) is 57.4 Å². The maximum absolute atomic E-state index is 11.9. The largest absolute Gasteiger partial charge is 0.464 e. The van der Waals surface area contributed by atoms with Gasteiger partial charge in [0.05, 0.1) is 50.8 Å². The monoisotopic (exact) mass is 980 g/mol. The van der Waals surface area contributed by atoms with E-state index in [9.17, 15) is 57.5 Å². The maximum atomic E-state index is 11.9. The Morgan fingerprint density at radius 1 is 0.441 bits per heavy atom. The van der Waals surface area contributed by atoms with Gasteiger partial charge in [-0.25, -0.2) is 0 Å². The van der Waals surface area contributed by atoms with E-state index in [4.69, 9.17) is 4.74 Å². The zero-order valence-electron chi connectivity index (χ0n) is 38.3. The molecule has 0 heterocycles. The molecule has 0 aliphatic heterocycles. The van der Waals surface area contributed by atoms with Crippen LogP contribution in [0.5, 0.6) is 0 Å². The first-order valence-electron chi connectivity index (χ1n) is 21.5. The molecule has 6 amide bonds. The number of rotatable bonds is 31. The van der Waals surface area contributed by atoms with Crippen LogP contribution in [-0.2, 0) is 52.7 Å². The molecule has 0 bridgehead atoms. The lowest BCUT2D eigenvalue weighted by Crippen LogP contribution is -2.43. The minimum Gasteiger partial charge on any atom is -0.464 e. The second-order valence-electron chi connectivity index (χ2n) is 14.7. The van der Waals surface area contributed by atoms with Crippen molar-refractivity contribution < 1.29 is 62.3 Å². The lowest BCUT2D eigenvalue weighted by molar-refractivity contribution is -0.144. The smallest absolute Gasteiger partial charge is 0.325 e. The Kier molecular flexibility index (Phi) is 30.9. The Labute approximate surface area is 403 Å². The second kappa shape index (κ2) is 35.5. The Bertz CT molecular complexity index is 1950. The highest BCUT2D eigenvalue weighted by molar-refractivity contribution is 8.14. The summed E-state index contributed by atoms with van der Waals surface area (Å²) >= 11 is 1.65. The molecule has 0 unspecified atom stereocenters. The minimum absolute atomic E-state index is 0.0252. The second-order valence-corrected chi connectivity index (χ2v) is 16.6. The summed E-state index contributed by atoms with van der Waals surface area (Å²) in [6.07, 6.45) is 4.19. The van der Waals surface area contributed by atoms with E-state index in [0.717, 1.165) is 29.9 Å². The highest BCUT2D eigenvalue weighted by Gasteiger charge is 2.15. The van der Waals surface area contributed by atoms with Crippen molar-refractivity contribution in [2.45, 2.75) is 65.2 Å². The summed E-state index contributed by atoms with van der Waals surface area (Å²) < 4.78 is 4.95. The number of hydrogen-bond acceptors (Lipinski definition) is 15. The normalized spacial score (nSPS) is 10.1. The molecule has 0 aromatic heterocycles. The van der Waals surface area contributed by atoms with Crippen LogP contribution < -0.4 is 31.9 Å². The van der Waals surface area contributed by atoms with Crippen LogP contribution in [0.2, 0.25) is 0 Å². The molecule has 2 aromatic carbocycles. The van der Waals surface area contributed by atoms with Crippen LogP contribution in [0.25, 0.3) is 0 Å². The summed E-state index contributed by atoms with van der Waals surface area (Å²) in [4.78, 5) is 141. The van der Waals surface area contributed by atoms with Gasteiger partial charge in [0.2, 0.25) is 45.7 Å². The Hall–Kier alpha value is -6.74. The third-order valence-corrected chi connectivity index (χ3v) is 10.6. The SMILES string of the molecule is C=C(C)C(=O)CCCCCC(=O)CNC(=O)CNC(=O)CNC(=O)CSC(=O)c1ccccc1.C=C(C)C(=O)CCCCOC(=O)CNC(=O)CNC(=O)CNC(=O)CSC(=O)c1ccccc1.